The molecule has 1 heterocycles. The lowest BCUT2D eigenvalue weighted by molar-refractivity contribution is 0.0181. The van der Waals surface area contributed by atoms with Crippen LogP contribution in [0.5, 0.6) is 0 Å². The molecule has 0 aliphatic carbocycles. The van der Waals surface area contributed by atoms with E-state index in [2.05, 4.69) is 0 Å². The first kappa shape index (κ1) is 13.0. The molecule has 0 bridgehead atoms. The average Bonchev–Trinajstić information content (AvgIpc) is 2.80. The van der Waals surface area contributed by atoms with Gasteiger partial charge in [-0.15, -0.1) is 0 Å². The van der Waals surface area contributed by atoms with Gasteiger partial charge in [0, 0.05) is 11.1 Å². The second-order valence-corrected chi connectivity index (χ2v) is 5.64. The number of esters is 1. The van der Waals surface area contributed by atoms with Gasteiger partial charge in [-0.05, 0) is 29.8 Å². The molecule has 1 atom stereocenters. The predicted octanol–water partition coefficient (Wildman–Crippen LogP) is 4.41. The highest BCUT2D eigenvalue weighted by Gasteiger charge is 2.43. The molecule has 108 valence electrons. The first-order valence-electron chi connectivity index (χ1n) is 7.11. The molecule has 0 aromatic heterocycles. The number of hydrogen-bond donors (Lipinski definition) is 0. The lowest BCUT2D eigenvalue weighted by Gasteiger charge is -2.24. The van der Waals surface area contributed by atoms with Crippen LogP contribution in [-0.2, 0) is 10.3 Å². The minimum Gasteiger partial charge on any atom is -0.446 e. The largest absolute Gasteiger partial charge is 0.446 e. The minimum absolute atomic E-state index is 0.310. The molecule has 22 heavy (non-hydrogen) atoms. The number of fused-ring (bicyclic) bond motifs is 3. The van der Waals surface area contributed by atoms with Crippen LogP contribution in [0.3, 0.4) is 0 Å². The lowest BCUT2D eigenvalue weighted by Crippen LogP contribution is -2.23. The van der Waals surface area contributed by atoms with Gasteiger partial charge in [0.2, 0.25) is 0 Å². The second kappa shape index (κ2) is 4.41. The number of carbonyl (C=O) groups is 1. The highest BCUT2D eigenvalue weighted by molar-refractivity contribution is 6.08. The molecule has 3 aromatic rings. The van der Waals surface area contributed by atoms with Crippen LogP contribution in [0.2, 0.25) is 0 Å². The molecule has 0 unspecified atom stereocenters. The highest BCUT2D eigenvalue weighted by Crippen LogP contribution is 2.44. The van der Waals surface area contributed by atoms with E-state index in [1.54, 1.807) is 12.1 Å². The van der Waals surface area contributed by atoms with E-state index in [-0.39, 0.29) is 11.8 Å². The summed E-state index contributed by atoms with van der Waals surface area (Å²) in [6, 6.07) is 17.7. The fraction of sp³-hybridized carbons (Fsp3) is 0.105. The molecule has 0 amide bonds. The normalized spacial score (nSPS) is 20.0. The van der Waals surface area contributed by atoms with E-state index in [0.29, 0.717) is 5.56 Å². The number of carbonyl (C=O) groups excluding carboxylic acids is 1. The Bertz CT molecular complexity index is 899. The average molecular weight is 292 g/mol. The summed E-state index contributed by atoms with van der Waals surface area (Å²) in [6.45, 7) is 1.85. The van der Waals surface area contributed by atoms with Gasteiger partial charge in [-0.25, -0.2) is 9.18 Å². The number of hydrogen-bond acceptors (Lipinski definition) is 2. The van der Waals surface area contributed by atoms with Crippen LogP contribution in [0.25, 0.3) is 10.8 Å². The summed E-state index contributed by atoms with van der Waals surface area (Å²) in [4.78, 5) is 12.4. The Morgan fingerprint density at radius 2 is 1.68 bits per heavy atom. The third-order valence-corrected chi connectivity index (χ3v) is 4.34. The number of benzene rings is 3. The molecule has 0 spiro atoms. The number of ether oxygens (including phenoxy) is 1. The molecule has 1 aliphatic rings. The van der Waals surface area contributed by atoms with E-state index in [1.165, 1.54) is 12.1 Å². The van der Waals surface area contributed by atoms with E-state index in [0.717, 1.165) is 21.9 Å². The van der Waals surface area contributed by atoms with E-state index in [1.807, 2.05) is 43.3 Å². The molecule has 2 nitrogen and oxygen atoms in total. The van der Waals surface area contributed by atoms with Crippen molar-refractivity contribution >= 4 is 16.7 Å². The van der Waals surface area contributed by atoms with Crippen LogP contribution >= 0.6 is 0 Å². The minimum atomic E-state index is -0.885. The van der Waals surface area contributed by atoms with Crippen LogP contribution in [0.1, 0.15) is 28.4 Å². The summed E-state index contributed by atoms with van der Waals surface area (Å²) >= 11 is 0. The van der Waals surface area contributed by atoms with Crippen molar-refractivity contribution in [3.8, 4) is 0 Å². The number of rotatable bonds is 1. The monoisotopic (exact) mass is 292 g/mol. The molecule has 0 radical (unpaired) electrons. The van der Waals surface area contributed by atoms with Gasteiger partial charge in [0.1, 0.15) is 5.82 Å². The summed E-state index contributed by atoms with van der Waals surface area (Å²) in [7, 11) is 0. The predicted molar refractivity (Wildman–Crippen MR) is 82.2 cm³/mol. The molecule has 0 saturated heterocycles. The van der Waals surface area contributed by atoms with Crippen LogP contribution < -0.4 is 0 Å². The zero-order chi connectivity index (χ0) is 15.3. The topological polar surface area (TPSA) is 26.3 Å². The van der Waals surface area contributed by atoms with Crippen LogP contribution in [0.15, 0.2) is 60.7 Å². The summed E-state index contributed by atoms with van der Waals surface area (Å²) < 4.78 is 18.9. The van der Waals surface area contributed by atoms with Crippen molar-refractivity contribution < 1.29 is 13.9 Å². The van der Waals surface area contributed by atoms with Crippen molar-refractivity contribution in [2.45, 2.75) is 12.5 Å². The highest BCUT2D eigenvalue weighted by atomic mass is 19.1. The van der Waals surface area contributed by atoms with Gasteiger partial charge >= 0.3 is 5.97 Å². The zero-order valence-electron chi connectivity index (χ0n) is 12.0. The van der Waals surface area contributed by atoms with Crippen molar-refractivity contribution in [3.63, 3.8) is 0 Å². The maximum absolute atomic E-state index is 13.2. The summed E-state index contributed by atoms with van der Waals surface area (Å²) in [6.07, 6.45) is 0. The Hall–Kier alpha value is -2.68. The van der Waals surface area contributed by atoms with Gasteiger partial charge in [0.05, 0.1) is 5.56 Å². The summed E-state index contributed by atoms with van der Waals surface area (Å²) in [5, 5.41) is 1.89. The summed E-state index contributed by atoms with van der Waals surface area (Å²) in [5.41, 5.74) is 1.30. The fourth-order valence-corrected chi connectivity index (χ4v) is 3.16. The number of cyclic esters (lactones) is 1. The van der Waals surface area contributed by atoms with Crippen molar-refractivity contribution in [1.82, 2.24) is 0 Å². The number of halogens is 1. The molecule has 0 saturated carbocycles. The Labute approximate surface area is 127 Å². The van der Waals surface area contributed by atoms with Crippen LogP contribution in [0.4, 0.5) is 4.39 Å². The first-order chi connectivity index (χ1) is 10.6. The maximum Gasteiger partial charge on any atom is 0.340 e. The zero-order valence-corrected chi connectivity index (χ0v) is 12.0. The molecule has 3 heteroatoms. The standard InChI is InChI=1S/C19H13FO2/c1-19(13-7-9-14(20)10-8-13)16-11-6-12-4-2-3-5-15(12)17(16)18(21)22-19/h2-11H,1H3/t19-/m1/s1. The van der Waals surface area contributed by atoms with E-state index < -0.39 is 5.60 Å². The van der Waals surface area contributed by atoms with Gasteiger partial charge < -0.3 is 4.74 Å². The third-order valence-electron chi connectivity index (χ3n) is 4.34. The Balaban J connectivity index is 1.99. The molecule has 4 rings (SSSR count). The maximum atomic E-state index is 13.2. The van der Waals surface area contributed by atoms with Gasteiger partial charge in [-0.3, -0.25) is 0 Å². The second-order valence-electron chi connectivity index (χ2n) is 5.64. The molecule has 0 fully saturated rings. The van der Waals surface area contributed by atoms with Gasteiger partial charge in [-0.2, -0.15) is 0 Å². The Kier molecular flexibility index (Phi) is 2.61. The van der Waals surface area contributed by atoms with Gasteiger partial charge in [0.15, 0.2) is 5.60 Å². The van der Waals surface area contributed by atoms with E-state index in [4.69, 9.17) is 4.74 Å². The van der Waals surface area contributed by atoms with E-state index >= 15 is 0 Å². The third kappa shape index (κ3) is 1.69. The first-order valence-corrected chi connectivity index (χ1v) is 7.11. The smallest absolute Gasteiger partial charge is 0.340 e. The molecule has 1 aliphatic heterocycles. The lowest BCUT2D eigenvalue weighted by atomic mass is 9.85. The molecule has 3 aromatic carbocycles. The fourth-order valence-electron chi connectivity index (χ4n) is 3.16. The summed E-state index contributed by atoms with van der Waals surface area (Å²) in [5.74, 6) is -0.644. The van der Waals surface area contributed by atoms with Crippen molar-refractivity contribution in [1.29, 1.82) is 0 Å². The molecular formula is C19H13FO2. The Morgan fingerprint density at radius 3 is 2.45 bits per heavy atom. The van der Waals surface area contributed by atoms with Crippen molar-refractivity contribution in [3.05, 3.63) is 83.2 Å². The van der Waals surface area contributed by atoms with Gasteiger partial charge in [-0.1, -0.05) is 48.5 Å². The Morgan fingerprint density at radius 1 is 0.955 bits per heavy atom. The van der Waals surface area contributed by atoms with Crippen LogP contribution in [0, 0.1) is 5.82 Å². The van der Waals surface area contributed by atoms with Crippen LogP contribution in [-0.4, -0.2) is 5.97 Å². The molecule has 0 N–H and O–H groups in total. The van der Waals surface area contributed by atoms with Crippen molar-refractivity contribution in [2.75, 3.05) is 0 Å². The SMILES string of the molecule is C[C@]1(c2ccc(F)cc2)OC(=O)c2c1ccc1ccccc21. The molecular weight excluding hydrogens is 279 g/mol. The van der Waals surface area contributed by atoms with E-state index in [9.17, 15) is 9.18 Å². The van der Waals surface area contributed by atoms with Gasteiger partial charge in [0.25, 0.3) is 0 Å². The van der Waals surface area contributed by atoms with Crippen molar-refractivity contribution in [2.24, 2.45) is 0 Å². The quantitative estimate of drug-likeness (QED) is 0.621.